The highest BCUT2D eigenvalue weighted by Crippen LogP contribution is 2.25. The zero-order valence-electron chi connectivity index (χ0n) is 16.3. The number of benzene rings is 1. The number of H-pyrrole nitrogens is 1. The highest BCUT2D eigenvalue weighted by molar-refractivity contribution is 7.99. The lowest BCUT2D eigenvalue weighted by Crippen LogP contribution is -2.37. The largest absolute Gasteiger partial charge is 0.384 e. The number of anilines is 1. The number of nitrogen functional groups attached to an aromatic ring is 1. The molecule has 0 saturated heterocycles. The number of carbonyl (C=O) groups is 1. The van der Waals surface area contributed by atoms with E-state index in [0.29, 0.717) is 18.2 Å². The molecule has 0 aliphatic rings. The van der Waals surface area contributed by atoms with Crippen LogP contribution in [0.2, 0.25) is 0 Å². The fraction of sp³-hybridized carbons (Fsp3) is 0.300. The molecule has 3 N–H and O–H groups in total. The lowest BCUT2D eigenvalue weighted by atomic mass is 10.2. The minimum Gasteiger partial charge on any atom is -0.384 e. The molecule has 2 heterocycles. The number of aromatic amines is 1. The maximum Gasteiger partial charge on any atom is 0.329 e. The number of para-hydroxylation sites is 2. The number of fused-ring (bicyclic) bond motifs is 1. The van der Waals surface area contributed by atoms with Crippen molar-refractivity contribution < 1.29 is 4.79 Å². The summed E-state index contributed by atoms with van der Waals surface area (Å²) in [6, 6.07) is 7.65. The van der Waals surface area contributed by atoms with Gasteiger partial charge in [0.05, 0.1) is 16.8 Å². The molecule has 0 aliphatic carbocycles. The Hall–Kier alpha value is -3.07. The minimum absolute atomic E-state index is 0.0341. The van der Waals surface area contributed by atoms with Gasteiger partial charge in [0, 0.05) is 13.1 Å². The zero-order chi connectivity index (χ0) is 21.1. The SMILES string of the molecule is C=CCn1c(SCC(=O)c2c(N)n(CC(C)C)c(=O)[nH]c2=O)nc2ccccc21. The summed E-state index contributed by atoms with van der Waals surface area (Å²) in [6.07, 6.45) is 1.75. The molecule has 152 valence electrons. The number of imidazole rings is 1. The highest BCUT2D eigenvalue weighted by atomic mass is 32.2. The summed E-state index contributed by atoms with van der Waals surface area (Å²) >= 11 is 1.22. The number of nitrogens with one attached hydrogen (secondary N) is 1. The van der Waals surface area contributed by atoms with Crippen LogP contribution in [0.4, 0.5) is 5.82 Å². The molecule has 3 rings (SSSR count). The van der Waals surface area contributed by atoms with Gasteiger partial charge in [-0.3, -0.25) is 19.1 Å². The number of thioether (sulfide) groups is 1. The number of nitrogens with zero attached hydrogens (tertiary/aromatic N) is 3. The molecule has 0 unspecified atom stereocenters. The van der Waals surface area contributed by atoms with Gasteiger partial charge in [0.1, 0.15) is 11.4 Å². The second-order valence-electron chi connectivity index (χ2n) is 7.02. The van der Waals surface area contributed by atoms with Crippen molar-refractivity contribution in [3.8, 4) is 0 Å². The molecule has 0 bridgehead atoms. The zero-order valence-corrected chi connectivity index (χ0v) is 17.2. The van der Waals surface area contributed by atoms with E-state index < -0.39 is 17.0 Å². The van der Waals surface area contributed by atoms with E-state index in [1.807, 2.05) is 42.7 Å². The summed E-state index contributed by atoms with van der Waals surface area (Å²) in [7, 11) is 0. The van der Waals surface area contributed by atoms with Gasteiger partial charge in [-0.1, -0.05) is 43.8 Å². The van der Waals surface area contributed by atoms with Gasteiger partial charge in [-0.15, -0.1) is 6.58 Å². The molecular weight excluding hydrogens is 390 g/mol. The van der Waals surface area contributed by atoms with Gasteiger partial charge in [0.25, 0.3) is 5.56 Å². The summed E-state index contributed by atoms with van der Waals surface area (Å²) < 4.78 is 3.18. The van der Waals surface area contributed by atoms with Gasteiger partial charge >= 0.3 is 5.69 Å². The van der Waals surface area contributed by atoms with E-state index in [2.05, 4.69) is 16.5 Å². The van der Waals surface area contributed by atoms with E-state index >= 15 is 0 Å². The molecule has 0 aliphatic heterocycles. The van der Waals surface area contributed by atoms with Crippen LogP contribution >= 0.6 is 11.8 Å². The van der Waals surface area contributed by atoms with Gasteiger partial charge in [0.15, 0.2) is 10.9 Å². The first-order chi connectivity index (χ1) is 13.8. The summed E-state index contributed by atoms with van der Waals surface area (Å²) in [4.78, 5) is 43.9. The lowest BCUT2D eigenvalue weighted by molar-refractivity contribution is 0.102. The fourth-order valence-corrected chi connectivity index (χ4v) is 3.97. The van der Waals surface area contributed by atoms with Crippen LogP contribution in [0.1, 0.15) is 24.2 Å². The topological polar surface area (TPSA) is 116 Å². The molecule has 1 aromatic carbocycles. The molecule has 3 aromatic rings. The van der Waals surface area contributed by atoms with E-state index in [9.17, 15) is 14.4 Å². The van der Waals surface area contributed by atoms with E-state index in [1.54, 1.807) is 6.08 Å². The third-order valence-corrected chi connectivity index (χ3v) is 5.31. The third kappa shape index (κ3) is 4.19. The second-order valence-corrected chi connectivity index (χ2v) is 7.96. The Kier molecular flexibility index (Phi) is 6.07. The average Bonchev–Trinajstić information content (AvgIpc) is 3.01. The van der Waals surface area contributed by atoms with Crippen LogP contribution in [-0.4, -0.2) is 30.6 Å². The van der Waals surface area contributed by atoms with Crippen molar-refractivity contribution in [2.24, 2.45) is 5.92 Å². The van der Waals surface area contributed by atoms with Crippen LogP contribution < -0.4 is 17.0 Å². The molecule has 0 amide bonds. The summed E-state index contributed by atoms with van der Waals surface area (Å²) in [5.41, 5.74) is 6.20. The Bertz CT molecular complexity index is 1190. The number of aromatic nitrogens is 4. The number of carbonyl (C=O) groups excluding carboxylic acids is 1. The number of rotatable bonds is 8. The molecular formula is C20H23N5O3S. The number of allylic oxidation sites excluding steroid dienone is 1. The Morgan fingerprint density at radius 3 is 2.72 bits per heavy atom. The Labute approximate surface area is 171 Å². The standard InChI is InChI=1S/C20H23N5O3S/c1-4-9-24-14-8-6-5-7-13(14)22-20(24)29-11-15(26)16-17(21)25(10-12(2)3)19(28)23-18(16)27/h4-8,12H,1,9-11,21H2,2-3H3,(H,23,27,28). The molecule has 9 heteroatoms. The molecule has 29 heavy (non-hydrogen) atoms. The van der Waals surface area contributed by atoms with Crippen LogP contribution in [0.15, 0.2) is 51.7 Å². The van der Waals surface area contributed by atoms with Crippen molar-refractivity contribution in [3.05, 3.63) is 63.3 Å². The minimum atomic E-state index is -0.766. The van der Waals surface area contributed by atoms with Crippen molar-refractivity contribution in [3.63, 3.8) is 0 Å². The van der Waals surface area contributed by atoms with Gasteiger partial charge in [-0.2, -0.15) is 0 Å². The summed E-state index contributed by atoms with van der Waals surface area (Å²) in [6.45, 7) is 8.45. The second kappa shape index (κ2) is 8.52. The van der Waals surface area contributed by atoms with Crippen molar-refractivity contribution in [2.75, 3.05) is 11.5 Å². The fourth-order valence-electron chi connectivity index (χ4n) is 3.08. The van der Waals surface area contributed by atoms with E-state index in [0.717, 1.165) is 11.0 Å². The van der Waals surface area contributed by atoms with Crippen molar-refractivity contribution in [1.29, 1.82) is 0 Å². The van der Waals surface area contributed by atoms with Crippen LogP contribution in [0, 0.1) is 5.92 Å². The van der Waals surface area contributed by atoms with E-state index in [-0.39, 0.29) is 23.1 Å². The van der Waals surface area contributed by atoms with E-state index in [1.165, 1.54) is 16.3 Å². The molecule has 2 aromatic heterocycles. The number of hydrogen-bond acceptors (Lipinski definition) is 6. The maximum absolute atomic E-state index is 12.8. The van der Waals surface area contributed by atoms with Crippen LogP contribution in [-0.2, 0) is 13.1 Å². The number of ketones is 1. The predicted molar refractivity (Wildman–Crippen MR) is 116 cm³/mol. The Morgan fingerprint density at radius 2 is 2.03 bits per heavy atom. The smallest absolute Gasteiger partial charge is 0.329 e. The maximum atomic E-state index is 12.8. The molecule has 0 spiro atoms. The normalized spacial score (nSPS) is 11.3. The average molecular weight is 414 g/mol. The van der Waals surface area contributed by atoms with Crippen LogP contribution in [0.3, 0.4) is 0 Å². The van der Waals surface area contributed by atoms with Crippen molar-refractivity contribution in [2.45, 2.75) is 32.1 Å². The van der Waals surface area contributed by atoms with Crippen molar-refractivity contribution >= 4 is 34.4 Å². The first kappa shape index (κ1) is 20.7. The third-order valence-electron chi connectivity index (χ3n) is 4.33. The molecule has 0 radical (unpaired) electrons. The molecule has 0 saturated carbocycles. The highest BCUT2D eigenvalue weighted by Gasteiger charge is 2.21. The van der Waals surface area contributed by atoms with Gasteiger partial charge in [0.2, 0.25) is 0 Å². The summed E-state index contributed by atoms with van der Waals surface area (Å²) in [5, 5.41) is 0.643. The predicted octanol–water partition coefficient (Wildman–Crippen LogP) is 2.29. The molecule has 0 fully saturated rings. The first-order valence-corrected chi connectivity index (χ1v) is 10.2. The Balaban J connectivity index is 1.91. The van der Waals surface area contributed by atoms with Crippen LogP contribution in [0.5, 0.6) is 0 Å². The molecule has 0 atom stereocenters. The number of hydrogen-bond donors (Lipinski definition) is 2. The van der Waals surface area contributed by atoms with Gasteiger partial charge in [-0.25, -0.2) is 9.78 Å². The Morgan fingerprint density at radius 1 is 1.31 bits per heavy atom. The van der Waals surface area contributed by atoms with Crippen molar-refractivity contribution in [1.82, 2.24) is 19.1 Å². The first-order valence-electron chi connectivity index (χ1n) is 9.18. The van der Waals surface area contributed by atoms with Gasteiger partial charge in [-0.05, 0) is 18.1 Å². The van der Waals surface area contributed by atoms with Crippen LogP contribution in [0.25, 0.3) is 11.0 Å². The lowest BCUT2D eigenvalue weighted by Gasteiger charge is -2.13. The quantitative estimate of drug-likeness (QED) is 0.333. The molecule has 8 nitrogen and oxygen atoms in total. The van der Waals surface area contributed by atoms with Gasteiger partial charge < -0.3 is 10.3 Å². The van der Waals surface area contributed by atoms with E-state index in [4.69, 9.17) is 5.73 Å². The summed E-state index contributed by atoms with van der Waals surface area (Å²) in [5.74, 6) is -0.466. The monoisotopic (exact) mass is 413 g/mol. The number of Topliss-reactive ketones (excluding diaryl/α,β-unsaturated/α-hetero) is 1. The number of nitrogens with two attached hydrogens (primary N) is 1.